The Morgan fingerprint density at radius 1 is 0.614 bits per heavy atom. The van der Waals surface area contributed by atoms with Gasteiger partial charge < -0.3 is 14.0 Å². The fraction of sp³-hybridized carbons (Fsp3) is 0.262. The van der Waals surface area contributed by atoms with E-state index in [0.29, 0.717) is 50.5 Å². The number of furan rings is 1. The van der Waals surface area contributed by atoms with E-state index in [1.54, 1.807) is 6.07 Å². The minimum Gasteiger partial charge on any atom is -0.500 e. The molecule has 0 aliphatic carbocycles. The molecule has 0 spiro atoms. The number of imidazole rings is 1. The first-order valence-corrected chi connectivity index (χ1v) is 23.8. The summed E-state index contributed by atoms with van der Waals surface area (Å²) >= 11 is 0. The van der Waals surface area contributed by atoms with Crippen LogP contribution in [0, 0.1) is 32.7 Å². The standard InChI is InChI=1S/C44H37N2O.C21H28N.Ir/c1-27(2)37-25-32(30-15-8-6-9-16-30)26-38(28(3)4)41(37)46-40-22-13-12-21-39(40)45-44(46)36-20-14-19-34-35-24-23-33(31-17-10-7-11-18-31)29(5)42(35)47-43(34)36;1-14-9-10-16(11-17(14)20(3,4)5)19-12-18(21(6,7)8)15(2)13-22-19;/h6-19,21-28H,1-5H3;9,11-13H,1-8H3;/q2*-1;/i5D3;1D3,2D3;. The van der Waals surface area contributed by atoms with Crippen molar-refractivity contribution in [3.8, 4) is 50.6 Å². The first-order chi connectivity index (χ1) is 36.5. The van der Waals surface area contributed by atoms with E-state index in [4.69, 9.17) is 21.7 Å². The van der Waals surface area contributed by atoms with Crippen molar-refractivity contribution in [2.45, 2.75) is 112 Å². The van der Waals surface area contributed by atoms with Gasteiger partial charge in [0.25, 0.3) is 0 Å². The van der Waals surface area contributed by atoms with Crippen LogP contribution in [0.4, 0.5) is 0 Å². The molecule has 10 aromatic rings. The third-order valence-corrected chi connectivity index (χ3v) is 13.0. The van der Waals surface area contributed by atoms with E-state index in [2.05, 4.69) is 91.8 Å². The number of aromatic nitrogens is 3. The monoisotopic (exact) mass is 1110 g/mol. The molecule has 0 bridgehead atoms. The van der Waals surface area contributed by atoms with Gasteiger partial charge in [-0.05, 0) is 116 Å². The molecular formula is C65H65IrN3O-2. The van der Waals surface area contributed by atoms with Crippen LogP contribution in [-0.2, 0) is 30.9 Å². The molecule has 7 aromatic carbocycles. The maximum atomic E-state index is 8.61. The van der Waals surface area contributed by atoms with Crippen molar-refractivity contribution in [3.05, 3.63) is 197 Å². The summed E-state index contributed by atoms with van der Waals surface area (Å²) in [6, 6.07) is 52.4. The molecule has 0 saturated carbocycles. The number of fused-ring (bicyclic) bond motifs is 4. The molecule has 3 aromatic heterocycles. The normalized spacial score (nSPS) is 14.4. The molecule has 3 heterocycles. The van der Waals surface area contributed by atoms with Crippen LogP contribution >= 0.6 is 0 Å². The van der Waals surface area contributed by atoms with Crippen LogP contribution in [0.2, 0.25) is 0 Å². The van der Waals surface area contributed by atoms with E-state index < -0.39 is 20.6 Å². The van der Waals surface area contributed by atoms with E-state index in [9.17, 15) is 0 Å². The van der Waals surface area contributed by atoms with Gasteiger partial charge in [-0.2, -0.15) is 0 Å². The molecule has 0 aliphatic heterocycles. The van der Waals surface area contributed by atoms with Gasteiger partial charge in [-0.3, -0.25) is 4.98 Å². The molecule has 5 heteroatoms. The Morgan fingerprint density at radius 3 is 1.86 bits per heavy atom. The minimum atomic E-state index is -2.41. The molecule has 357 valence electrons. The number of nitrogens with zero attached hydrogens (tertiary/aromatic N) is 3. The van der Waals surface area contributed by atoms with Crippen molar-refractivity contribution in [2.24, 2.45) is 0 Å². The maximum absolute atomic E-state index is 8.61. The van der Waals surface area contributed by atoms with Crippen LogP contribution < -0.4 is 0 Å². The molecule has 4 nitrogen and oxygen atoms in total. The smallest absolute Gasteiger partial charge is 0.124 e. The van der Waals surface area contributed by atoms with E-state index >= 15 is 0 Å². The number of pyridine rings is 1. The van der Waals surface area contributed by atoms with Crippen LogP contribution in [-0.4, -0.2) is 14.5 Å². The van der Waals surface area contributed by atoms with Gasteiger partial charge in [0, 0.05) is 49.7 Å². The van der Waals surface area contributed by atoms with Crippen molar-refractivity contribution in [1.82, 2.24) is 14.5 Å². The molecule has 0 aliphatic rings. The Bertz CT molecular complexity index is 3730. The molecule has 0 unspecified atom stereocenters. The fourth-order valence-electron chi connectivity index (χ4n) is 9.35. The molecule has 1 radical (unpaired) electrons. The number of hydrogen-bond donors (Lipinski definition) is 0. The summed E-state index contributed by atoms with van der Waals surface area (Å²) in [6.45, 7) is 13.9. The van der Waals surface area contributed by atoms with Gasteiger partial charge in [0.05, 0.1) is 22.4 Å². The first-order valence-electron chi connectivity index (χ1n) is 28.3. The van der Waals surface area contributed by atoms with Gasteiger partial charge in [0.2, 0.25) is 0 Å². The summed E-state index contributed by atoms with van der Waals surface area (Å²) < 4.78 is 81.7. The summed E-state index contributed by atoms with van der Waals surface area (Å²) in [5.74, 6) is 1.12. The average molecular weight is 1110 g/mol. The minimum absolute atomic E-state index is 0. The molecule has 0 atom stereocenters. The number of hydrogen-bond acceptors (Lipinski definition) is 3. The van der Waals surface area contributed by atoms with Crippen LogP contribution in [0.3, 0.4) is 0 Å². The Hall–Kier alpha value is -6.39. The van der Waals surface area contributed by atoms with Crippen molar-refractivity contribution >= 4 is 33.0 Å². The summed E-state index contributed by atoms with van der Waals surface area (Å²) in [5, 5.41) is 1.58. The van der Waals surface area contributed by atoms with E-state index in [0.717, 1.165) is 33.1 Å². The Morgan fingerprint density at radius 2 is 1.23 bits per heavy atom. The van der Waals surface area contributed by atoms with E-state index in [1.807, 2.05) is 126 Å². The number of para-hydroxylation sites is 2. The molecule has 0 N–H and O–H groups in total. The summed E-state index contributed by atoms with van der Waals surface area (Å²) in [6.07, 6.45) is 1.41. The van der Waals surface area contributed by atoms with Crippen LogP contribution in [0.5, 0.6) is 0 Å². The van der Waals surface area contributed by atoms with Gasteiger partial charge >= 0.3 is 0 Å². The summed E-state index contributed by atoms with van der Waals surface area (Å²) in [4.78, 5) is 9.63. The fourth-order valence-corrected chi connectivity index (χ4v) is 9.35. The zero-order valence-electron chi connectivity index (χ0n) is 50.6. The Balaban J connectivity index is 0.000000242. The van der Waals surface area contributed by atoms with Gasteiger partial charge in [0.1, 0.15) is 5.58 Å². The van der Waals surface area contributed by atoms with Gasteiger partial charge in [0.15, 0.2) is 0 Å². The van der Waals surface area contributed by atoms with Crippen molar-refractivity contribution in [2.75, 3.05) is 0 Å². The predicted octanol–water partition coefficient (Wildman–Crippen LogP) is 18.0. The van der Waals surface area contributed by atoms with Crippen LogP contribution in [0.15, 0.2) is 150 Å². The van der Waals surface area contributed by atoms with Crippen LogP contribution in [0.1, 0.15) is 132 Å². The maximum Gasteiger partial charge on any atom is 0.124 e. The zero-order valence-corrected chi connectivity index (χ0v) is 44.0. The van der Waals surface area contributed by atoms with Gasteiger partial charge in [-0.1, -0.05) is 178 Å². The average Bonchev–Trinajstić information content (AvgIpc) is 4.20. The third-order valence-electron chi connectivity index (χ3n) is 13.0. The summed E-state index contributed by atoms with van der Waals surface area (Å²) in [5.41, 5.74) is 13.4. The third kappa shape index (κ3) is 9.59. The molecule has 70 heavy (non-hydrogen) atoms. The molecule has 10 rings (SSSR count). The quantitative estimate of drug-likeness (QED) is 0.149. The Kier molecular flexibility index (Phi) is 11.1. The van der Waals surface area contributed by atoms with Crippen molar-refractivity contribution in [1.29, 1.82) is 0 Å². The second kappa shape index (κ2) is 19.8. The molecular weight excluding hydrogens is 1030 g/mol. The predicted molar refractivity (Wildman–Crippen MR) is 292 cm³/mol. The molecule has 0 fully saturated rings. The first kappa shape index (κ1) is 39.3. The Labute approximate surface area is 442 Å². The number of aryl methyl sites for hydroxylation is 3. The van der Waals surface area contributed by atoms with Crippen molar-refractivity contribution < 1.29 is 36.9 Å². The van der Waals surface area contributed by atoms with Crippen molar-refractivity contribution in [3.63, 3.8) is 0 Å². The second-order valence-electron chi connectivity index (χ2n) is 20.7. The zero-order chi connectivity index (χ0) is 56.4. The largest absolute Gasteiger partial charge is 0.500 e. The van der Waals surface area contributed by atoms with E-state index in [1.165, 1.54) is 34.5 Å². The second-order valence-corrected chi connectivity index (χ2v) is 20.7. The van der Waals surface area contributed by atoms with Gasteiger partial charge in [-0.25, -0.2) is 0 Å². The number of rotatable bonds is 7. The molecule has 0 saturated heterocycles. The molecule has 0 amide bonds. The SMILES string of the molecule is [2H]C([2H])([2H])c1c(-c2ccccc2)ccc2c1oc1c(-c3nc4ccccc4n3-c3c(C(C)C)cc(-c4ccccc4)cc3C(C)C)[c-]ccc12.[2H]C([2H])([2H])c1c[c-]c(-c2cc(C(C)(C)C)c(C([2H])([2H])[2H])cn2)cc1C(C)(C)C.[Ir]. The summed E-state index contributed by atoms with van der Waals surface area (Å²) in [7, 11) is 0. The van der Waals surface area contributed by atoms with Gasteiger partial charge in [-0.15, -0.1) is 53.1 Å². The topological polar surface area (TPSA) is 43.9 Å². The number of benzene rings is 7. The van der Waals surface area contributed by atoms with E-state index in [-0.39, 0.29) is 59.5 Å². The van der Waals surface area contributed by atoms with Crippen LogP contribution in [0.25, 0.3) is 83.6 Å².